The topological polar surface area (TPSA) is 59.4 Å². The highest BCUT2D eigenvalue weighted by Crippen LogP contribution is 2.28. The van der Waals surface area contributed by atoms with E-state index in [0.29, 0.717) is 23.0 Å². The third-order valence-electron chi connectivity index (χ3n) is 5.75. The van der Waals surface area contributed by atoms with E-state index in [4.69, 9.17) is 16.3 Å². The fourth-order valence-electron chi connectivity index (χ4n) is 4.13. The lowest BCUT2D eigenvalue weighted by Crippen LogP contribution is -2.37. The highest BCUT2D eigenvalue weighted by atomic mass is 35.5. The molecule has 6 nitrogen and oxygen atoms in total. The molecule has 7 heteroatoms. The molecule has 1 N–H and O–H groups in total. The Morgan fingerprint density at radius 3 is 2.61 bits per heavy atom. The first-order chi connectivity index (χ1) is 15.1. The van der Waals surface area contributed by atoms with Gasteiger partial charge in [0.25, 0.3) is 5.91 Å². The molecule has 3 aromatic rings. The van der Waals surface area contributed by atoms with Crippen LogP contribution in [-0.2, 0) is 0 Å². The zero-order valence-corrected chi connectivity index (χ0v) is 18.6. The quantitative estimate of drug-likeness (QED) is 0.593. The van der Waals surface area contributed by atoms with Crippen molar-refractivity contribution in [1.82, 2.24) is 20.0 Å². The molecular formula is C24H27ClN4O2. The van der Waals surface area contributed by atoms with Crippen molar-refractivity contribution < 1.29 is 9.53 Å². The van der Waals surface area contributed by atoms with Gasteiger partial charge in [-0.15, -0.1) is 0 Å². The van der Waals surface area contributed by atoms with Crippen LogP contribution >= 0.6 is 11.6 Å². The SMILES string of the molecule is COc1cccc(C(CNC(=O)c2c(C)nn(-c3ccccc3)c2Cl)N2CCCC2)c1. The zero-order valence-electron chi connectivity index (χ0n) is 17.8. The third kappa shape index (κ3) is 4.60. The first-order valence-corrected chi connectivity index (χ1v) is 10.9. The number of benzene rings is 2. The van der Waals surface area contributed by atoms with Gasteiger partial charge >= 0.3 is 0 Å². The number of amides is 1. The summed E-state index contributed by atoms with van der Waals surface area (Å²) in [5.74, 6) is 0.604. The Balaban J connectivity index is 1.55. The van der Waals surface area contributed by atoms with Gasteiger partial charge in [0.05, 0.1) is 30.1 Å². The van der Waals surface area contributed by atoms with Crippen LogP contribution < -0.4 is 10.1 Å². The summed E-state index contributed by atoms with van der Waals surface area (Å²) in [4.78, 5) is 15.5. The maximum Gasteiger partial charge on any atom is 0.256 e. The number of halogens is 1. The molecule has 1 atom stereocenters. The number of likely N-dealkylation sites (tertiary alicyclic amines) is 1. The Labute approximate surface area is 187 Å². The molecule has 162 valence electrons. The predicted molar refractivity (Wildman–Crippen MR) is 122 cm³/mol. The summed E-state index contributed by atoms with van der Waals surface area (Å²) in [5, 5.41) is 7.90. The van der Waals surface area contributed by atoms with Crippen molar-refractivity contribution in [2.24, 2.45) is 0 Å². The van der Waals surface area contributed by atoms with Gasteiger partial charge in [0.1, 0.15) is 10.9 Å². The summed E-state index contributed by atoms with van der Waals surface area (Å²) in [6.07, 6.45) is 2.34. The van der Waals surface area contributed by atoms with E-state index < -0.39 is 0 Å². The number of hydrogen-bond donors (Lipinski definition) is 1. The molecule has 1 unspecified atom stereocenters. The summed E-state index contributed by atoms with van der Waals surface area (Å²) in [5.41, 5.74) is 2.96. The Morgan fingerprint density at radius 1 is 1.16 bits per heavy atom. The number of aromatic nitrogens is 2. The molecule has 0 aliphatic carbocycles. The maximum absolute atomic E-state index is 13.1. The minimum Gasteiger partial charge on any atom is -0.497 e. The van der Waals surface area contributed by atoms with E-state index >= 15 is 0 Å². The molecule has 31 heavy (non-hydrogen) atoms. The lowest BCUT2D eigenvalue weighted by atomic mass is 10.0. The first-order valence-electron chi connectivity index (χ1n) is 10.5. The normalized spacial score (nSPS) is 15.1. The van der Waals surface area contributed by atoms with Gasteiger partial charge in [-0.05, 0) is 62.7 Å². The van der Waals surface area contributed by atoms with Crippen molar-refractivity contribution in [3.63, 3.8) is 0 Å². The van der Waals surface area contributed by atoms with Crippen LogP contribution in [0.1, 0.15) is 40.5 Å². The molecule has 0 radical (unpaired) electrons. The van der Waals surface area contributed by atoms with Gasteiger partial charge in [0, 0.05) is 6.54 Å². The second kappa shape index (κ2) is 9.54. The summed E-state index contributed by atoms with van der Waals surface area (Å²) >= 11 is 6.57. The molecule has 1 saturated heterocycles. The Bertz CT molecular complexity index is 1040. The molecule has 0 spiro atoms. The molecule has 1 amide bonds. The zero-order chi connectivity index (χ0) is 21.8. The van der Waals surface area contributed by atoms with Crippen LogP contribution in [0.2, 0.25) is 5.15 Å². The van der Waals surface area contributed by atoms with Crippen molar-refractivity contribution >= 4 is 17.5 Å². The van der Waals surface area contributed by atoms with E-state index in [2.05, 4.69) is 21.4 Å². The van der Waals surface area contributed by atoms with Crippen molar-refractivity contribution in [3.05, 3.63) is 76.6 Å². The number of carbonyl (C=O) groups is 1. The van der Waals surface area contributed by atoms with Crippen LogP contribution in [0.25, 0.3) is 5.69 Å². The van der Waals surface area contributed by atoms with Crippen molar-refractivity contribution in [2.75, 3.05) is 26.7 Å². The van der Waals surface area contributed by atoms with Gasteiger partial charge in [-0.25, -0.2) is 4.68 Å². The van der Waals surface area contributed by atoms with Gasteiger partial charge in [-0.1, -0.05) is 41.9 Å². The molecular weight excluding hydrogens is 412 g/mol. The molecule has 4 rings (SSSR count). The predicted octanol–water partition coefficient (Wildman–Crippen LogP) is 4.41. The smallest absolute Gasteiger partial charge is 0.256 e. The molecule has 0 saturated carbocycles. The van der Waals surface area contributed by atoms with Gasteiger partial charge in [-0.3, -0.25) is 9.69 Å². The molecule has 1 fully saturated rings. The van der Waals surface area contributed by atoms with Crippen molar-refractivity contribution in [2.45, 2.75) is 25.8 Å². The molecule has 1 aliphatic heterocycles. The van der Waals surface area contributed by atoms with E-state index in [1.165, 1.54) is 12.8 Å². The second-order valence-electron chi connectivity index (χ2n) is 7.74. The van der Waals surface area contributed by atoms with Gasteiger partial charge in [-0.2, -0.15) is 5.10 Å². The Hall–Kier alpha value is -2.83. The summed E-state index contributed by atoms with van der Waals surface area (Å²) in [6, 6.07) is 17.7. The fourth-order valence-corrected chi connectivity index (χ4v) is 4.49. The van der Waals surface area contributed by atoms with E-state index in [1.807, 2.05) is 48.5 Å². The van der Waals surface area contributed by atoms with Gasteiger partial charge in [0.15, 0.2) is 0 Å². The molecule has 2 aromatic carbocycles. The largest absolute Gasteiger partial charge is 0.497 e. The number of hydrogen-bond acceptors (Lipinski definition) is 4. The summed E-state index contributed by atoms with van der Waals surface area (Å²) in [7, 11) is 1.67. The lowest BCUT2D eigenvalue weighted by Gasteiger charge is -2.28. The van der Waals surface area contributed by atoms with Crippen LogP contribution in [0.5, 0.6) is 5.75 Å². The average Bonchev–Trinajstić information content (AvgIpc) is 3.42. The van der Waals surface area contributed by atoms with Crippen LogP contribution in [0.3, 0.4) is 0 Å². The first kappa shape index (κ1) is 21.4. The van der Waals surface area contributed by atoms with Gasteiger partial charge in [0.2, 0.25) is 0 Å². The number of carbonyl (C=O) groups excluding carboxylic acids is 1. The monoisotopic (exact) mass is 438 g/mol. The van der Waals surface area contributed by atoms with E-state index in [9.17, 15) is 4.79 Å². The van der Waals surface area contributed by atoms with Crippen LogP contribution in [0.15, 0.2) is 54.6 Å². The number of nitrogens with zero attached hydrogens (tertiary/aromatic N) is 3. The number of methoxy groups -OCH3 is 1. The van der Waals surface area contributed by atoms with E-state index in [1.54, 1.807) is 18.7 Å². The highest BCUT2D eigenvalue weighted by molar-refractivity contribution is 6.33. The minimum atomic E-state index is -0.211. The van der Waals surface area contributed by atoms with E-state index in [-0.39, 0.29) is 11.9 Å². The lowest BCUT2D eigenvalue weighted by molar-refractivity contribution is 0.0937. The van der Waals surface area contributed by atoms with Gasteiger partial charge < -0.3 is 10.1 Å². The van der Waals surface area contributed by atoms with Crippen LogP contribution in [0, 0.1) is 6.92 Å². The number of aryl methyl sites for hydroxylation is 1. The van der Waals surface area contributed by atoms with Crippen molar-refractivity contribution in [1.29, 1.82) is 0 Å². The summed E-state index contributed by atoms with van der Waals surface area (Å²) in [6.45, 7) is 4.32. The third-order valence-corrected chi connectivity index (χ3v) is 6.10. The second-order valence-corrected chi connectivity index (χ2v) is 8.10. The maximum atomic E-state index is 13.1. The molecule has 1 aromatic heterocycles. The number of nitrogens with one attached hydrogen (secondary N) is 1. The average molecular weight is 439 g/mol. The molecule has 0 bridgehead atoms. The van der Waals surface area contributed by atoms with E-state index in [0.717, 1.165) is 30.1 Å². The Kier molecular flexibility index (Phi) is 6.59. The fraction of sp³-hybridized carbons (Fsp3) is 0.333. The molecule has 2 heterocycles. The number of rotatable bonds is 7. The Morgan fingerprint density at radius 2 is 1.90 bits per heavy atom. The summed E-state index contributed by atoms with van der Waals surface area (Å²) < 4.78 is 7.01. The molecule has 1 aliphatic rings. The number of para-hydroxylation sites is 1. The van der Waals surface area contributed by atoms with Crippen LogP contribution in [0.4, 0.5) is 0 Å². The van der Waals surface area contributed by atoms with Crippen molar-refractivity contribution in [3.8, 4) is 11.4 Å². The highest BCUT2D eigenvalue weighted by Gasteiger charge is 2.26. The minimum absolute atomic E-state index is 0.0739. The number of ether oxygens (including phenoxy) is 1. The van der Waals surface area contributed by atoms with Crippen LogP contribution in [-0.4, -0.2) is 47.3 Å². The standard InChI is InChI=1S/C24H27ClN4O2/c1-17-22(23(25)29(27-17)19-10-4-3-5-11-19)24(30)26-16-21(28-13-6-7-14-28)18-9-8-12-20(15-18)31-2/h3-5,8-12,15,21H,6-7,13-14,16H2,1-2H3,(H,26,30).